The van der Waals surface area contributed by atoms with Crippen LogP contribution in [-0.4, -0.2) is 76.7 Å². The van der Waals surface area contributed by atoms with Crippen molar-refractivity contribution in [1.29, 1.82) is 5.26 Å². The number of hydrogen-bond acceptors (Lipinski definition) is 10. The fourth-order valence-electron chi connectivity index (χ4n) is 5.48. The number of hydrogen-bond donors (Lipinski definition) is 3. The van der Waals surface area contributed by atoms with Crippen molar-refractivity contribution in [2.45, 2.75) is 64.3 Å². The van der Waals surface area contributed by atoms with Crippen molar-refractivity contribution in [2.75, 3.05) is 30.4 Å². The number of nitrogens with zero attached hydrogens (tertiary/aromatic N) is 7. The Morgan fingerprint density at radius 2 is 1.97 bits per heavy atom. The van der Waals surface area contributed by atoms with Crippen molar-refractivity contribution >= 4 is 39.9 Å². The quantitative estimate of drug-likeness (QED) is 0.348. The highest BCUT2D eigenvalue weighted by Gasteiger charge is 2.48. The van der Waals surface area contributed by atoms with E-state index in [4.69, 9.17) is 10.2 Å². The van der Waals surface area contributed by atoms with Gasteiger partial charge in [0.1, 0.15) is 23.2 Å². The molecule has 3 aromatic rings. The molecule has 2 fully saturated rings. The first-order valence-corrected chi connectivity index (χ1v) is 14.3. The van der Waals surface area contributed by atoms with Gasteiger partial charge in [-0.1, -0.05) is 13.8 Å². The normalized spacial score (nSPS) is 23.6. The molecule has 0 aliphatic carbocycles. The standard InChI is InChI=1S/C26H35N9O2S/c1-4-19-10-21(11-20(5-2)35(19)38(37)34-14-17(13-27)15-34)33(3)26-22-7-6-8-28-23(22)12-24(30-26)29-25-9-18(16-36)31-32-25/h6-9,12,17,19-21,36H,4-5,10-11,14-16H2,1-3H3,(H2,29,30,31,32). The number of H-pyrrole nitrogens is 1. The summed E-state index contributed by atoms with van der Waals surface area (Å²) in [6.45, 7) is 5.35. The Hall–Kier alpha value is -2.95. The lowest BCUT2D eigenvalue weighted by molar-refractivity contribution is 0.129. The van der Waals surface area contributed by atoms with E-state index in [2.05, 4.69) is 56.7 Å². The first-order valence-electron chi connectivity index (χ1n) is 13.2. The molecule has 38 heavy (non-hydrogen) atoms. The summed E-state index contributed by atoms with van der Waals surface area (Å²) in [4.78, 5) is 11.8. The van der Waals surface area contributed by atoms with Crippen molar-refractivity contribution in [3.05, 3.63) is 36.2 Å². The van der Waals surface area contributed by atoms with Gasteiger partial charge in [0, 0.05) is 36.8 Å². The van der Waals surface area contributed by atoms with E-state index >= 15 is 0 Å². The van der Waals surface area contributed by atoms with Crippen LogP contribution in [0.1, 0.15) is 45.2 Å². The second-order valence-electron chi connectivity index (χ2n) is 10.1. The number of anilines is 3. The van der Waals surface area contributed by atoms with Gasteiger partial charge >= 0.3 is 0 Å². The summed E-state index contributed by atoms with van der Waals surface area (Å²) < 4.78 is 17.7. The third kappa shape index (κ3) is 5.17. The van der Waals surface area contributed by atoms with E-state index in [9.17, 15) is 9.66 Å². The number of aliphatic hydroxyl groups excluding tert-OH is 1. The highest BCUT2D eigenvalue weighted by molar-refractivity contribution is 7.86. The molecule has 5 heterocycles. The number of aliphatic hydroxyl groups is 1. The van der Waals surface area contributed by atoms with Gasteiger partial charge in [-0.05, 0) is 37.8 Å². The van der Waals surface area contributed by atoms with E-state index in [1.54, 1.807) is 12.3 Å². The Morgan fingerprint density at radius 1 is 1.24 bits per heavy atom. The molecule has 202 valence electrons. The molecule has 12 heteroatoms. The maximum Gasteiger partial charge on any atom is 0.153 e. The van der Waals surface area contributed by atoms with Crippen LogP contribution in [0.25, 0.3) is 10.9 Å². The molecular weight excluding hydrogens is 502 g/mol. The number of nitrogens with one attached hydrogen (secondary N) is 2. The minimum Gasteiger partial charge on any atom is -0.578 e. The number of rotatable bonds is 9. The van der Waals surface area contributed by atoms with Gasteiger partial charge < -0.3 is 19.9 Å². The molecule has 3 N–H and O–H groups in total. The number of nitriles is 1. The van der Waals surface area contributed by atoms with Crippen LogP contribution in [0.2, 0.25) is 0 Å². The van der Waals surface area contributed by atoms with E-state index < -0.39 is 11.5 Å². The highest BCUT2D eigenvalue weighted by Crippen LogP contribution is 2.37. The molecule has 0 bridgehead atoms. The zero-order chi connectivity index (χ0) is 26.8. The fraction of sp³-hybridized carbons (Fsp3) is 0.538. The number of aromatic nitrogens is 4. The molecule has 5 rings (SSSR count). The van der Waals surface area contributed by atoms with E-state index in [0.29, 0.717) is 30.4 Å². The molecule has 2 aliphatic heterocycles. The maximum atomic E-state index is 13.5. The van der Waals surface area contributed by atoms with Crippen LogP contribution >= 0.6 is 0 Å². The highest BCUT2D eigenvalue weighted by atomic mass is 32.2. The van der Waals surface area contributed by atoms with Gasteiger partial charge in [-0.15, -0.1) is 8.61 Å². The van der Waals surface area contributed by atoms with Crippen molar-refractivity contribution < 1.29 is 9.66 Å². The van der Waals surface area contributed by atoms with E-state index in [-0.39, 0.29) is 30.7 Å². The van der Waals surface area contributed by atoms with Crippen LogP contribution in [0.5, 0.6) is 0 Å². The third-order valence-electron chi connectivity index (χ3n) is 7.70. The summed E-state index contributed by atoms with van der Waals surface area (Å²) in [6.07, 6.45) is 5.29. The van der Waals surface area contributed by atoms with Crippen LogP contribution in [0.15, 0.2) is 30.5 Å². The van der Waals surface area contributed by atoms with Gasteiger partial charge in [0.2, 0.25) is 0 Å². The molecule has 3 aromatic heterocycles. The molecule has 0 aromatic carbocycles. The fourth-order valence-corrected chi connectivity index (χ4v) is 7.34. The smallest absolute Gasteiger partial charge is 0.153 e. The number of piperidine rings is 1. The van der Waals surface area contributed by atoms with Gasteiger partial charge in [-0.3, -0.25) is 10.1 Å². The molecule has 2 saturated heterocycles. The monoisotopic (exact) mass is 537 g/mol. The molecule has 3 unspecified atom stereocenters. The van der Waals surface area contributed by atoms with Crippen LogP contribution in [-0.2, 0) is 18.2 Å². The van der Waals surface area contributed by atoms with Gasteiger partial charge in [-0.2, -0.15) is 10.4 Å². The molecule has 0 saturated carbocycles. The lowest BCUT2D eigenvalue weighted by atomic mass is 9.90. The molecule has 3 atom stereocenters. The van der Waals surface area contributed by atoms with Crippen molar-refractivity contribution in [1.82, 2.24) is 28.8 Å². The predicted octanol–water partition coefficient (Wildman–Crippen LogP) is 3.08. The second kappa shape index (κ2) is 11.4. The van der Waals surface area contributed by atoms with Crippen molar-refractivity contribution in [3.63, 3.8) is 0 Å². The zero-order valence-corrected chi connectivity index (χ0v) is 22.9. The van der Waals surface area contributed by atoms with Crippen molar-refractivity contribution in [2.24, 2.45) is 5.92 Å². The Kier molecular flexibility index (Phi) is 8.01. The zero-order valence-electron chi connectivity index (χ0n) is 22.0. The Labute approximate surface area is 226 Å². The second-order valence-corrected chi connectivity index (χ2v) is 11.5. The van der Waals surface area contributed by atoms with Gasteiger partial charge in [0.15, 0.2) is 5.82 Å². The summed E-state index contributed by atoms with van der Waals surface area (Å²) in [5.41, 5.74) is 1.44. The van der Waals surface area contributed by atoms with Crippen LogP contribution in [0.3, 0.4) is 0 Å². The van der Waals surface area contributed by atoms with Gasteiger partial charge in [0.25, 0.3) is 0 Å². The maximum absolute atomic E-state index is 13.5. The number of fused-ring (bicyclic) bond motifs is 1. The average molecular weight is 538 g/mol. The SMILES string of the molecule is CCC1CC(N(C)c2nc(Nc3cc(CO)[nH]n3)cc3ncccc23)CC(CC)N1[S+]([O-])N1CC(C#N)C1. The predicted molar refractivity (Wildman–Crippen MR) is 148 cm³/mol. The lowest BCUT2D eigenvalue weighted by Crippen LogP contribution is -2.62. The minimum atomic E-state index is -1.23. The molecule has 0 spiro atoms. The van der Waals surface area contributed by atoms with Gasteiger partial charge in [0.05, 0.1) is 55.0 Å². The third-order valence-corrected chi connectivity index (χ3v) is 9.40. The van der Waals surface area contributed by atoms with Crippen LogP contribution in [0.4, 0.5) is 17.5 Å². The summed E-state index contributed by atoms with van der Waals surface area (Å²) in [6, 6.07) is 10.4. The van der Waals surface area contributed by atoms with E-state index in [1.165, 1.54) is 0 Å². The first-order chi connectivity index (χ1) is 18.4. The molecule has 0 amide bonds. The Bertz CT molecular complexity index is 1280. The summed E-state index contributed by atoms with van der Waals surface area (Å²) in [7, 11) is 2.08. The minimum absolute atomic E-state index is 0.0201. The van der Waals surface area contributed by atoms with Gasteiger partial charge in [-0.25, -0.2) is 4.98 Å². The molecular formula is C26H35N9O2S. The summed E-state index contributed by atoms with van der Waals surface area (Å²) >= 11 is -1.23. The van der Waals surface area contributed by atoms with Crippen molar-refractivity contribution in [3.8, 4) is 6.07 Å². The Morgan fingerprint density at radius 3 is 2.61 bits per heavy atom. The van der Waals surface area contributed by atoms with E-state index in [0.717, 1.165) is 42.4 Å². The lowest BCUT2D eigenvalue weighted by Gasteiger charge is -2.48. The number of aromatic amines is 1. The van der Waals surface area contributed by atoms with Crippen LogP contribution in [0, 0.1) is 17.2 Å². The summed E-state index contributed by atoms with van der Waals surface area (Å²) in [5, 5.41) is 29.7. The first kappa shape index (κ1) is 26.6. The topological polar surface area (TPSA) is 143 Å². The van der Waals surface area contributed by atoms with E-state index in [1.807, 2.05) is 22.5 Å². The Balaban J connectivity index is 1.40. The largest absolute Gasteiger partial charge is 0.578 e. The molecule has 2 aliphatic rings. The average Bonchev–Trinajstić information content (AvgIpc) is 3.38. The summed E-state index contributed by atoms with van der Waals surface area (Å²) in [5.74, 6) is 2.01. The molecule has 11 nitrogen and oxygen atoms in total. The molecule has 0 radical (unpaired) electrons. The number of pyridine rings is 2. The van der Waals surface area contributed by atoms with Crippen LogP contribution < -0.4 is 10.2 Å².